The number of anilines is 1. The first-order chi connectivity index (χ1) is 16.4. The third kappa shape index (κ3) is 6.68. The van der Waals surface area contributed by atoms with Crippen molar-refractivity contribution in [1.82, 2.24) is 4.90 Å². The molecule has 1 saturated heterocycles. The number of para-hydroxylation sites is 2. The number of ether oxygens (including phenoxy) is 2. The van der Waals surface area contributed by atoms with E-state index < -0.39 is 5.97 Å². The number of thioether (sulfide) groups is 1. The van der Waals surface area contributed by atoms with E-state index in [1.54, 1.807) is 54.5 Å². The van der Waals surface area contributed by atoms with Gasteiger partial charge in [0, 0.05) is 13.0 Å². The van der Waals surface area contributed by atoms with Gasteiger partial charge in [-0.2, -0.15) is 0 Å². The topological polar surface area (TPSA) is 84.9 Å². The van der Waals surface area contributed by atoms with Crippen molar-refractivity contribution in [3.63, 3.8) is 0 Å². The summed E-state index contributed by atoms with van der Waals surface area (Å²) in [7, 11) is 2.90. The minimum absolute atomic E-state index is 0.0729. The number of carbonyl (C=O) groups is 3. The van der Waals surface area contributed by atoms with Gasteiger partial charge in [-0.3, -0.25) is 14.5 Å². The molecule has 3 rings (SSSR count). The number of esters is 1. The van der Waals surface area contributed by atoms with E-state index in [1.165, 1.54) is 18.9 Å². The highest BCUT2D eigenvalue weighted by atomic mass is 32.2. The molecule has 2 aromatic rings. The van der Waals surface area contributed by atoms with Crippen molar-refractivity contribution >= 4 is 57.8 Å². The maximum Gasteiger partial charge on any atom is 0.337 e. The molecule has 34 heavy (non-hydrogen) atoms. The number of methoxy groups -OCH3 is 2. The normalized spacial score (nSPS) is 14.4. The minimum Gasteiger partial charge on any atom is -0.495 e. The smallest absolute Gasteiger partial charge is 0.337 e. The summed E-state index contributed by atoms with van der Waals surface area (Å²) in [5, 5.41) is 2.86. The molecule has 0 atom stereocenters. The molecule has 178 valence electrons. The van der Waals surface area contributed by atoms with Crippen LogP contribution in [0.4, 0.5) is 5.69 Å². The van der Waals surface area contributed by atoms with Crippen LogP contribution in [0.1, 0.15) is 41.6 Å². The van der Waals surface area contributed by atoms with Gasteiger partial charge in [0.25, 0.3) is 5.91 Å². The van der Waals surface area contributed by atoms with E-state index in [-0.39, 0.29) is 11.8 Å². The molecule has 0 saturated carbocycles. The van der Waals surface area contributed by atoms with Crippen LogP contribution in [0.15, 0.2) is 53.4 Å². The largest absolute Gasteiger partial charge is 0.495 e. The molecular weight excluding hydrogens is 472 g/mol. The molecule has 0 aliphatic carbocycles. The number of nitrogens with one attached hydrogen (secondary N) is 1. The molecule has 1 aliphatic heterocycles. The monoisotopic (exact) mass is 498 g/mol. The van der Waals surface area contributed by atoms with Crippen LogP contribution in [0.2, 0.25) is 0 Å². The van der Waals surface area contributed by atoms with Gasteiger partial charge in [-0.1, -0.05) is 54.7 Å². The molecule has 2 amide bonds. The van der Waals surface area contributed by atoms with Crippen molar-refractivity contribution in [1.29, 1.82) is 0 Å². The van der Waals surface area contributed by atoms with Gasteiger partial charge in [-0.25, -0.2) is 4.79 Å². The van der Waals surface area contributed by atoms with Crippen molar-refractivity contribution in [3.8, 4) is 5.75 Å². The third-order valence-electron chi connectivity index (χ3n) is 5.17. The minimum atomic E-state index is -0.407. The number of hydrogen-bond acceptors (Lipinski definition) is 7. The average molecular weight is 499 g/mol. The Bertz CT molecular complexity index is 1100. The molecular formula is C25H26N2O5S2. The number of thiocarbonyl (C=S) groups is 1. The Morgan fingerprint density at radius 2 is 1.79 bits per heavy atom. The predicted molar refractivity (Wildman–Crippen MR) is 138 cm³/mol. The summed E-state index contributed by atoms with van der Waals surface area (Å²) in [4.78, 5) is 38.7. The van der Waals surface area contributed by atoms with Crippen LogP contribution in [-0.2, 0) is 14.3 Å². The van der Waals surface area contributed by atoms with Gasteiger partial charge in [0.2, 0.25) is 5.91 Å². The lowest BCUT2D eigenvalue weighted by Gasteiger charge is -2.14. The van der Waals surface area contributed by atoms with Crippen molar-refractivity contribution in [2.24, 2.45) is 0 Å². The Kier molecular flexibility index (Phi) is 9.24. The Labute approximate surface area is 208 Å². The van der Waals surface area contributed by atoms with Gasteiger partial charge >= 0.3 is 5.97 Å². The lowest BCUT2D eigenvalue weighted by Crippen LogP contribution is -2.29. The molecule has 7 nitrogen and oxygen atoms in total. The third-order valence-corrected chi connectivity index (χ3v) is 6.55. The predicted octanol–water partition coefficient (Wildman–Crippen LogP) is 4.88. The van der Waals surface area contributed by atoms with E-state index in [9.17, 15) is 14.4 Å². The van der Waals surface area contributed by atoms with Crippen molar-refractivity contribution in [3.05, 3.63) is 64.6 Å². The molecule has 0 radical (unpaired) electrons. The number of carbonyl (C=O) groups excluding carboxylic acids is 3. The van der Waals surface area contributed by atoms with Crippen LogP contribution in [-0.4, -0.2) is 47.8 Å². The molecule has 0 bridgehead atoms. The number of amides is 2. The average Bonchev–Trinajstić information content (AvgIpc) is 3.11. The van der Waals surface area contributed by atoms with Crippen LogP contribution in [0.25, 0.3) is 6.08 Å². The second kappa shape index (κ2) is 12.3. The maximum atomic E-state index is 12.8. The second-order valence-electron chi connectivity index (χ2n) is 7.51. The summed E-state index contributed by atoms with van der Waals surface area (Å²) in [6.45, 7) is 0.511. The van der Waals surface area contributed by atoms with Crippen molar-refractivity contribution in [2.45, 2.75) is 25.7 Å². The summed E-state index contributed by atoms with van der Waals surface area (Å²) in [6.07, 6.45) is 4.40. The van der Waals surface area contributed by atoms with E-state index in [1.807, 2.05) is 12.1 Å². The Balaban J connectivity index is 1.44. The van der Waals surface area contributed by atoms with Gasteiger partial charge in [-0.05, 0) is 48.7 Å². The quantitative estimate of drug-likeness (QED) is 0.216. The van der Waals surface area contributed by atoms with E-state index in [4.69, 9.17) is 21.7 Å². The first kappa shape index (κ1) is 25.5. The molecule has 1 aliphatic rings. The second-order valence-corrected chi connectivity index (χ2v) is 9.18. The Hall–Kier alpha value is -3.17. The highest BCUT2D eigenvalue weighted by molar-refractivity contribution is 8.26. The molecule has 1 heterocycles. The number of rotatable bonds is 10. The number of nitrogens with zero attached hydrogens (tertiary/aromatic N) is 1. The van der Waals surface area contributed by atoms with Crippen LogP contribution in [0, 0.1) is 0 Å². The lowest BCUT2D eigenvalue weighted by atomic mass is 10.1. The van der Waals surface area contributed by atoms with Crippen LogP contribution < -0.4 is 10.1 Å². The molecule has 0 spiro atoms. The van der Waals surface area contributed by atoms with Gasteiger partial charge in [0.05, 0.1) is 30.4 Å². The first-order valence-electron chi connectivity index (χ1n) is 10.8. The highest BCUT2D eigenvalue weighted by Gasteiger charge is 2.31. The fourth-order valence-corrected chi connectivity index (χ4v) is 4.68. The van der Waals surface area contributed by atoms with Crippen molar-refractivity contribution < 1.29 is 23.9 Å². The summed E-state index contributed by atoms with van der Waals surface area (Å²) in [5.41, 5.74) is 1.90. The Morgan fingerprint density at radius 3 is 2.50 bits per heavy atom. The van der Waals surface area contributed by atoms with E-state index in [0.29, 0.717) is 45.6 Å². The molecule has 1 N–H and O–H groups in total. The van der Waals surface area contributed by atoms with E-state index in [0.717, 1.165) is 18.4 Å². The molecule has 1 fully saturated rings. The van der Waals surface area contributed by atoms with Gasteiger partial charge in [0.15, 0.2) is 0 Å². The van der Waals surface area contributed by atoms with E-state index >= 15 is 0 Å². The van der Waals surface area contributed by atoms with E-state index in [2.05, 4.69) is 5.32 Å². The highest BCUT2D eigenvalue weighted by Crippen LogP contribution is 2.33. The summed E-state index contributed by atoms with van der Waals surface area (Å²) in [5.74, 6) is 0.0186. The SMILES string of the molecule is COC(=O)c1ccc(C=C2SC(=S)N(CCCCCC(=O)Nc3ccccc3OC)C2=O)cc1. The molecule has 9 heteroatoms. The zero-order chi connectivity index (χ0) is 24.5. The van der Waals surface area contributed by atoms with Crippen LogP contribution in [0.3, 0.4) is 0 Å². The number of benzene rings is 2. The van der Waals surface area contributed by atoms with Gasteiger partial charge in [0.1, 0.15) is 10.1 Å². The van der Waals surface area contributed by atoms with Gasteiger partial charge in [-0.15, -0.1) is 0 Å². The number of unbranched alkanes of at least 4 members (excludes halogenated alkanes) is 2. The standard InChI is InChI=1S/C25H26N2O5S2/c1-31-20-9-6-5-8-19(20)26-22(28)10-4-3-7-15-27-23(29)21(34-25(27)33)16-17-11-13-18(14-12-17)24(30)32-2/h5-6,8-9,11-14,16H,3-4,7,10,15H2,1-2H3,(H,26,28). The number of hydrogen-bond donors (Lipinski definition) is 1. The molecule has 0 unspecified atom stereocenters. The fraction of sp³-hybridized carbons (Fsp3) is 0.280. The summed E-state index contributed by atoms with van der Waals surface area (Å²) < 4.78 is 10.5. The first-order valence-corrected chi connectivity index (χ1v) is 12.0. The Morgan fingerprint density at radius 1 is 1.06 bits per heavy atom. The van der Waals surface area contributed by atoms with Crippen LogP contribution >= 0.6 is 24.0 Å². The molecule has 2 aromatic carbocycles. The summed E-state index contributed by atoms with van der Waals surface area (Å²) in [6, 6.07) is 14.1. The van der Waals surface area contributed by atoms with Crippen LogP contribution in [0.5, 0.6) is 5.75 Å². The zero-order valence-electron chi connectivity index (χ0n) is 19.0. The fourth-order valence-electron chi connectivity index (χ4n) is 3.37. The van der Waals surface area contributed by atoms with Crippen molar-refractivity contribution in [2.75, 3.05) is 26.1 Å². The summed E-state index contributed by atoms with van der Waals surface area (Å²) >= 11 is 6.65. The lowest BCUT2D eigenvalue weighted by molar-refractivity contribution is -0.122. The maximum absolute atomic E-state index is 12.8. The van der Waals surface area contributed by atoms with Gasteiger partial charge < -0.3 is 14.8 Å². The molecule has 0 aromatic heterocycles. The zero-order valence-corrected chi connectivity index (χ0v) is 20.7.